The Kier molecular flexibility index (Phi) is 4.42. The lowest BCUT2D eigenvalue weighted by Gasteiger charge is -2.36. The monoisotopic (exact) mass is 328 g/mol. The lowest BCUT2D eigenvalue weighted by molar-refractivity contribution is -0.143. The normalized spacial score (nSPS) is 23.4. The fourth-order valence-electron chi connectivity index (χ4n) is 2.11. The number of pyridine rings is 1. The molecule has 1 aliphatic rings. The SMILES string of the molecule is C[C@@H]1CN(C(=O)Cn2cc(Br)ccc2=O)[C@H](C)CO1. The highest BCUT2D eigenvalue weighted by Crippen LogP contribution is 2.12. The van der Waals surface area contributed by atoms with Gasteiger partial charge in [0.05, 0.1) is 18.8 Å². The van der Waals surface area contributed by atoms with Crippen LogP contribution in [0.3, 0.4) is 0 Å². The molecule has 1 amide bonds. The second-order valence-electron chi connectivity index (χ2n) is 4.85. The van der Waals surface area contributed by atoms with Crippen LogP contribution in [0, 0.1) is 0 Å². The number of carbonyl (C=O) groups is 1. The van der Waals surface area contributed by atoms with Gasteiger partial charge in [0.2, 0.25) is 5.91 Å². The minimum Gasteiger partial charge on any atom is -0.375 e. The van der Waals surface area contributed by atoms with Gasteiger partial charge in [0.15, 0.2) is 0 Å². The molecule has 0 N–H and O–H groups in total. The molecule has 0 aromatic carbocycles. The molecule has 0 saturated carbocycles. The van der Waals surface area contributed by atoms with Crippen LogP contribution >= 0.6 is 15.9 Å². The van der Waals surface area contributed by atoms with Gasteiger partial charge in [-0.15, -0.1) is 0 Å². The van der Waals surface area contributed by atoms with Gasteiger partial charge >= 0.3 is 0 Å². The van der Waals surface area contributed by atoms with E-state index in [1.165, 1.54) is 10.6 Å². The molecular formula is C13H17BrN2O3. The average molecular weight is 329 g/mol. The third kappa shape index (κ3) is 3.45. The van der Waals surface area contributed by atoms with Gasteiger partial charge in [0, 0.05) is 23.3 Å². The van der Waals surface area contributed by atoms with E-state index < -0.39 is 0 Å². The Morgan fingerprint density at radius 1 is 1.47 bits per heavy atom. The van der Waals surface area contributed by atoms with Crippen molar-refractivity contribution in [3.05, 3.63) is 33.2 Å². The van der Waals surface area contributed by atoms with Gasteiger partial charge in [-0.25, -0.2) is 0 Å². The van der Waals surface area contributed by atoms with Crippen LogP contribution in [-0.4, -0.2) is 40.7 Å². The number of carbonyl (C=O) groups excluding carboxylic acids is 1. The van der Waals surface area contributed by atoms with Crippen molar-refractivity contribution in [1.82, 2.24) is 9.47 Å². The summed E-state index contributed by atoms with van der Waals surface area (Å²) in [7, 11) is 0. The van der Waals surface area contributed by atoms with Crippen LogP contribution in [0.2, 0.25) is 0 Å². The summed E-state index contributed by atoms with van der Waals surface area (Å²) in [6.45, 7) is 5.07. The van der Waals surface area contributed by atoms with E-state index in [9.17, 15) is 9.59 Å². The molecule has 1 fully saturated rings. The first-order valence-corrected chi connectivity index (χ1v) is 7.03. The summed E-state index contributed by atoms with van der Waals surface area (Å²) in [5, 5.41) is 0. The van der Waals surface area contributed by atoms with Crippen molar-refractivity contribution in [2.45, 2.75) is 32.5 Å². The molecule has 0 aliphatic carbocycles. The molecule has 0 bridgehead atoms. The average Bonchev–Trinajstić information content (AvgIpc) is 2.36. The minimum absolute atomic E-state index is 0.0411. The van der Waals surface area contributed by atoms with Gasteiger partial charge in [0.25, 0.3) is 5.56 Å². The number of ether oxygens (including phenoxy) is 1. The number of morpholine rings is 1. The summed E-state index contributed by atoms with van der Waals surface area (Å²) >= 11 is 3.30. The van der Waals surface area contributed by atoms with E-state index in [-0.39, 0.29) is 30.2 Å². The molecule has 0 spiro atoms. The largest absolute Gasteiger partial charge is 0.375 e. The summed E-state index contributed by atoms with van der Waals surface area (Å²) in [5.41, 5.74) is -0.175. The second-order valence-corrected chi connectivity index (χ2v) is 5.77. The van der Waals surface area contributed by atoms with Crippen molar-refractivity contribution in [3.63, 3.8) is 0 Å². The predicted molar refractivity (Wildman–Crippen MR) is 75.0 cm³/mol. The quantitative estimate of drug-likeness (QED) is 0.821. The molecule has 1 aromatic rings. The summed E-state index contributed by atoms with van der Waals surface area (Å²) < 4.78 is 7.69. The fourth-order valence-corrected chi connectivity index (χ4v) is 2.49. The Labute approximate surface area is 120 Å². The molecule has 2 rings (SSSR count). The van der Waals surface area contributed by atoms with Crippen LogP contribution in [0.4, 0.5) is 0 Å². The van der Waals surface area contributed by atoms with Gasteiger partial charge in [-0.2, -0.15) is 0 Å². The number of nitrogens with zero attached hydrogens (tertiary/aromatic N) is 2. The highest BCUT2D eigenvalue weighted by Gasteiger charge is 2.27. The van der Waals surface area contributed by atoms with Gasteiger partial charge in [-0.1, -0.05) is 0 Å². The van der Waals surface area contributed by atoms with Gasteiger partial charge in [0.1, 0.15) is 6.54 Å². The zero-order valence-electron chi connectivity index (χ0n) is 11.0. The topological polar surface area (TPSA) is 51.5 Å². The van der Waals surface area contributed by atoms with Crippen molar-refractivity contribution in [3.8, 4) is 0 Å². The third-order valence-electron chi connectivity index (χ3n) is 3.18. The van der Waals surface area contributed by atoms with E-state index in [4.69, 9.17) is 4.74 Å². The number of hydrogen-bond acceptors (Lipinski definition) is 3. The molecule has 6 heteroatoms. The highest BCUT2D eigenvalue weighted by molar-refractivity contribution is 9.10. The third-order valence-corrected chi connectivity index (χ3v) is 3.65. The zero-order valence-corrected chi connectivity index (χ0v) is 12.6. The molecular weight excluding hydrogens is 312 g/mol. The van der Waals surface area contributed by atoms with E-state index in [2.05, 4.69) is 15.9 Å². The lowest BCUT2D eigenvalue weighted by Crippen LogP contribution is -2.51. The maximum atomic E-state index is 12.3. The molecule has 104 valence electrons. The van der Waals surface area contributed by atoms with E-state index >= 15 is 0 Å². The first kappa shape index (κ1) is 14.3. The zero-order chi connectivity index (χ0) is 14.0. The maximum Gasteiger partial charge on any atom is 0.251 e. The van der Waals surface area contributed by atoms with Gasteiger partial charge < -0.3 is 14.2 Å². The van der Waals surface area contributed by atoms with E-state index in [1.54, 1.807) is 17.2 Å². The Morgan fingerprint density at radius 2 is 2.21 bits per heavy atom. The van der Waals surface area contributed by atoms with Crippen molar-refractivity contribution in [2.75, 3.05) is 13.2 Å². The second kappa shape index (κ2) is 5.88. The van der Waals surface area contributed by atoms with Crippen molar-refractivity contribution >= 4 is 21.8 Å². The molecule has 1 saturated heterocycles. The molecule has 2 atom stereocenters. The molecule has 5 nitrogen and oxygen atoms in total. The van der Waals surface area contributed by atoms with E-state index in [0.717, 1.165) is 4.47 Å². The molecule has 19 heavy (non-hydrogen) atoms. The first-order chi connectivity index (χ1) is 8.97. The molecule has 0 unspecified atom stereocenters. The smallest absolute Gasteiger partial charge is 0.251 e. The maximum absolute atomic E-state index is 12.3. The van der Waals surface area contributed by atoms with Crippen molar-refractivity contribution < 1.29 is 9.53 Å². The van der Waals surface area contributed by atoms with Crippen LogP contribution in [0.1, 0.15) is 13.8 Å². The number of halogens is 1. The lowest BCUT2D eigenvalue weighted by atomic mass is 10.2. The number of hydrogen-bond donors (Lipinski definition) is 0. The van der Waals surface area contributed by atoms with E-state index in [1.807, 2.05) is 13.8 Å². The Balaban J connectivity index is 2.12. The molecule has 2 heterocycles. The van der Waals surface area contributed by atoms with Crippen LogP contribution in [0.25, 0.3) is 0 Å². The van der Waals surface area contributed by atoms with Crippen LogP contribution in [0.15, 0.2) is 27.6 Å². The van der Waals surface area contributed by atoms with Crippen LogP contribution < -0.4 is 5.56 Å². The molecule has 1 aliphatic heterocycles. The summed E-state index contributed by atoms with van der Waals surface area (Å²) in [6, 6.07) is 3.16. The van der Waals surface area contributed by atoms with Crippen molar-refractivity contribution in [2.24, 2.45) is 0 Å². The van der Waals surface area contributed by atoms with Crippen LogP contribution in [0.5, 0.6) is 0 Å². The van der Waals surface area contributed by atoms with Crippen molar-refractivity contribution in [1.29, 1.82) is 0 Å². The highest BCUT2D eigenvalue weighted by atomic mass is 79.9. The summed E-state index contributed by atoms with van der Waals surface area (Å²) in [5.74, 6) is -0.0529. The summed E-state index contributed by atoms with van der Waals surface area (Å²) in [4.78, 5) is 25.7. The van der Waals surface area contributed by atoms with Crippen LogP contribution in [-0.2, 0) is 16.1 Å². The Morgan fingerprint density at radius 3 is 2.95 bits per heavy atom. The predicted octanol–water partition coefficient (Wildman–Crippen LogP) is 1.25. The minimum atomic E-state index is -0.175. The standard InChI is InChI=1S/C13H17BrN2O3/c1-9-8-19-10(2)5-16(9)13(18)7-15-6-11(14)3-4-12(15)17/h3-4,6,9-10H,5,7-8H2,1-2H3/t9-,10-/m1/s1. The molecule has 0 radical (unpaired) electrons. The molecule has 1 aromatic heterocycles. The van der Waals surface area contributed by atoms with E-state index in [0.29, 0.717) is 13.2 Å². The Hall–Kier alpha value is -1.14. The van der Waals surface area contributed by atoms with Gasteiger partial charge in [-0.3, -0.25) is 9.59 Å². The Bertz CT molecular complexity index is 529. The number of aromatic nitrogens is 1. The summed E-state index contributed by atoms with van der Waals surface area (Å²) in [6.07, 6.45) is 1.67. The number of rotatable bonds is 2. The fraction of sp³-hybridized carbons (Fsp3) is 0.538. The van der Waals surface area contributed by atoms with Gasteiger partial charge in [-0.05, 0) is 35.8 Å². The number of amides is 1. The first-order valence-electron chi connectivity index (χ1n) is 6.24.